The van der Waals surface area contributed by atoms with Gasteiger partial charge in [0.05, 0.1) is 0 Å². The van der Waals surface area contributed by atoms with Gasteiger partial charge in [0.25, 0.3) is 0 Å². The van der Waals surface area contributed by atoms with E-state index in [4.69, 9.17) is 4.74 Å². The van der Waals surface area contributed by atoms with E-state index >= 15 is 0 Å². The molecule has 1 saturated heterocycles. The van der Waals surface area contributed by atoms with Crippen molar-refractivity contribution in [2.24, 2.45) is 0 Å². The first-order valence-corrected chi connectivity index (χ1v) is 3.89. The fourth-order valence-corrected chi connectivity index (χ4v) is 0.714. The number of hydrogen-bond donors (Lipinski definition) is 0. The largest absolute Gasteiger partial charge is 2.00 e. The summed E-state index contributed by atoms with van der Waals surface area (Å²) >= 11 is 0. The molecule has 2 rings (SSSR count). The van der Waals surface area contributed by atoms with Crippen LogP contribution in [0.1, 0.15) is 32.1 Å². The van der Waals surface area contributed by atoms with E-state index in [1.807, 2.05) is 0 Å². The maximum atomic E-state index is 4.94. The predicted molar refractivity (Wildman–Crippen MR) is 44.0 cm³/mol. The Morgan fingerprint density at radius 3 is 1.36 bits per heavy atom. The Morgan fingerprint density at radius 1 is 0.909 bits per heavy atom. The van der Waals surface area contributed by atoms with E-state index in [1.54, 1.807) is 0 Å². The van der Waals surface area contributed by atoms with Crippen molar-refractivity contribution in [2.75, 3.05) is 13.2 Å². The van der Waals surface area contributed by atoms with Gasteiger partial charge in [-0.2, -0.15) is 12.8 Å². The summed E-state index contributed by atoms with van der Waals surface area (Å²) in [6.07, 6.45) is 9.06. The van der Waals surface area contributed by atoms with E-state index in [0.717, 1.165) is 13.2 Å². The third kappa shape index (κ3) is 9.12. The van der Waals surface area contributed by atoms with Crippen molar-refractivity contribution in [3.63, 3.8) is 0 Å². The smallest absolute Gasteiger partial charge is 1.00 e. The van der Waals surface area contributed by atoms with Gasteiger partial charge in [0.2, 0.25) is 0 Å². The van der Waals surface area contributed by atoms with Crippen molar-refractivity contribution in [3.8, 4) is 0 Å². The topological polar surface area (TPSA) is 9.23 Å². The zero-order valence-electron chi connectivity index (χ0n) is 7.02. The molecule has 1 saturated carbocycles. The van der Waals surface area contributed by atoms with Crippen LogP contribution in [0.15, 0.2) is 0 Å². The van der Waals surface area contributed by atoms with Gasteiger partial charge >= 0.3 is 23.1 Å². The van der Waals surface area contributed by atoms with Crippen LogP contribution in [-0.2, 0) is 4.74 Å². The fraction of sp³-hybridized carbons (Fsp3) is 0.875. The number of rotatable bonds is 0. The summed E-state index contributed by atoms with van der Waals surface area (Å²) in [5.74, 6) is 0. The van der Waals surface area contributed by atoms with Crippen LogP contribution >= 0.6 is 0 Å². The summed E-state index contributed by atoms with van der Waals surface area (Å²) in [4.78, 5) is 0. The molecule has 0 unspecified atom stereocenters. The number of ether oxygens (including phenoxy) is 1. The van der Waals surface area contributed by atoms with Gasteiger partial charge in [-0.05, 0) is 12.8 Å². The zero-order valence-corrected chi connectivity index (χ0v) is 10.0. The minimum Gasteiger partial charge on any atom is -1.00 e. The molecule has 1 nitrogen and oxygen atoms in total. The van der Waals surface area contributed by atoms with Gasteiger partial charge in [-0.3, -0.25) is 0 Å². The third-order valence-corrected chi connectivity index (χ3v) is 1.64. The van der Waals surface area contributed by atoms with Crippen molar-refractivity contribution < 1.29 is 21.7 Å². The molecule has 0 aromatic carbocycles. The monoisotopic (exact) mass is 230 g/mol. The summed E-state index contributed by atoms with van der Waals surface area (Å²) in [6, 6.07) is 0. The standard InChI is InChI=1S/C4H8O.C4H7.BrH.Mg/c1-2-4-5-3-1;1-2-4-3-1;;/h1-4H2;1H,2-4H2;1H;/q;-1;;+2/p-1. The molecule has 62 valence electrons. The van der Waals surface area contributed by atoms with Gasteiger partial charge in [0.1, 0.15) is 0 Å². The van der Waals surface area contributed by atoms with E-state index in [1.165, 1.54) is 32.1 Å². The second kappa shape index (κ2) is 11.2. The van der Waals surface area contributed by atoms with Crippen LogP contribution in [-0.4, -0.2) is 36.3 Å². The molecule has 0 aromatic rings. The minimum atomic E-state index is 0. The fourth-order valence-electron chi connectivity index (χ4n) is 0.714. The molecule has 1 heterocycles. The molecule has 1 aliphatic heterocycles. The Hall–Kier alpha value is 1.21. The summed E-state index contributed by atoms with van der Waals surface area (Å²) in [6.45, 7) is 2.00. The van der Waals surface area contributed by atoms with Crippen molar-refractivity contribution >= 4 is 23.1 Å². The first-order valence-electron chi connectivity index (χ1n) is 3.89. The maximum absolute atomic E-state index is 4.94. The van der Waals surface area contributed by atoms with Gasteiger partial charge < -0.3 is 28.1 Å². The van der Waals surface area contributed by atoms with Gasteiger partial charge in [0, 0.05) is 13.2 Å². The average molecular weight is 231 g/mol. The van der Waals surface area contributed by atoms with Gasteiger partial charge in [-0.25, -0.2) is 0 Å². The Labute approximate surface area is 96.2 Å². The average Bonchev–Trinajstić information content (AvgIpc) is 2.07. The van der Waals surface area contributed by atoms with Crippen molar-refractivity contribution in [2.45, 2.75) is 32.1 Å². The molecule has 11 heavy (non-hydrogen) atoms. The number of hydrogen-bond acceptors (Lipinski definition) is 1. The summed E-state index contributed by atoms with van der Waals surface area (Å²) in [5, 5.41) is 0. The SMILES string of the molecule is C1CCOC1.[Br-].[CH-]1CCC1.[Mg+2]. The summed E-state index contributed by atoms with van der Waals surface area (Å²) in [7, 11) is 0. The quantitative estimate of drug-likeness (QED) is 0.376. The van der Waals surface area contributed by atoms with E-state index < -0.39 is 0 Å². The Kier molecular flexibility index (Phi) is 15.0. The van der Waals surface area contributed by atoms with E-state index in [-0.39, 0.29) is 40.0 Å². The van der Waals surface area contributed by atoms with Gasteiger partial charge in [-0.15, -0.1) is 6.42 Å². The Morgan fingerprint density at radius 2 is 1.27 bits per heavy atom. The first-order chi connectivity index (χ1) is 4.50. The summed E-state index contributed by atoms with van der Waals surface area (Å²) in [5.41, 5.74) is 0. The van der Waals surface area contributed by atoms with Crippen LogP contribution in [0, 0.1) is 6.42 Å². The van der Waals surface area contributed by atoms with Crippen LogP contribution in [0.25, 0.3) is 0 Å². The van der Waals surface area contributed by atoms with E-state index in [9.17, 15) is 0 Å². The molecule has 0 amide bonds. The predicted octanol–water partition coefficient (Wildman–Crippen LogP) is -1.21. The van der Waals surface area contributed by atoms with Gasteiger partial charge in [-0.1, -0.05) is 0 Å². The molecule has 2 fully saturated rings. The molecule has 0 radical (unpaired) electrons. The van der Waals surface area contributed by atoms with Crippen LogP contribution in [0.4, 0.5) is 0 Å². The normalized spacial score (nSPS) is 19.6. The van der Waals surface area contributed by atoms with Crippen molar-refractivity contribution in [1.29, 1.82) is 0 Å². The number of halogens is 1. The molecule has 2 aliphatic rings. The van der Waals surface area contributed by atoms with Crippen LogP contribution in [0.3, 0.4) is 0 Å². The van der Waals surface area contributed by atoms with Gasteiger partial charge in [0.15, 0.2) is 0 Å². The van der Waals surface area contributed by atoms with Crippen molar-refractivity contribution in [3.05, 3.63) is 6.42 Å². The van der Waals surface area contributed by atoms with Crippen LogP contribution < -0.4 is 17.0 Å². The maximum Gasteiger partial charge on any atom is 2.00 e. The zero-order chi connectivity index (χ0) is 6.36. The second-order valence-corrected chi connectivity index (χ2v) is 2.54. The van der Waals surface area contributed by atoms with Crippen LogP contribution in [0.2, 0.25) is 0 Å². The van der Waals surface area contributed by atoms with E-state index in [0.29, 0.717) is 0 Å². The molecule has 0 aromatic heterocycles. The molecule has 0 atom stereocenters. The minimum absolute atomic E-state index is 0. The molecule has 0 N–H and O–H groups in total. The Bertz CT molecular complexity index is 51.5. The molecule has 3 heteroatoms. The molecule has 0 spiro atoms. The molecular formula is C8H15BrMgO. The van der Waals surface area contributed by atoms with E-state index in [2.05, 4.69) is 6.42 Å². The van der Waals surface area contributed by atoms with Crippen molar-refractivity contribution in [1.82, 2.24) is 0 Å². The second-order valence-electron chi connectivity index (χ2n) is 2.54. The molecule has 0 bridgehead atoms. The molecule has 1 aliphatic carbocycles. The molecular weight excluding hydrogens is 216 g/mol. The summed E-state index contributed by atoms with van der Waals surface area (Å²) < 4.78 is 4.94. The first kappa shape index (κ1) is 14.7. The van der Waals surface area contributed by atoms with Crippen LogP contribution in [0.5, 0.6) is 0 Å². The Balaban J connectivity index is 0. The third-order valence-electron chi connectivity index (χ3n) is 1.64.